The molecular formula is C24H23F3N3NaO6. The van der Waals surface area contributed by atoms with Crippen molar-refractivity contribution in [3.05, 3.63) is 65.9 Å². The van der Waals surface area contributed by atoms with E-state index in [1.807, 2.05) is 0 Å². The average molecular weight is 529 g/mol. The van der Waals surface area contributed by atoms with Crippen molar-refractivity contribution in [3.8, 4) is 16.9 Å². The molecule has 0 saturated heterocycles. The van der Waals surface area contributed by atoms with Gasteiger partial charge in [-0.05, 0) is 41.8 Å². The van der Waals surface area contributed by atoms with E-state index in [0.29, 0.717) is 16.7 Å². The second-order valence-corrected chi connectivity index (χ2v) is 8.02. The number of halogens is 3. The van der Waals surface area contributed by atoms with Crippen molar-refractivity contribution in [2.45, 2.75) is 31.8 Å². The number of carbonyl (C=O) groups is 4. The molecule has 2 aromatic carbocycles. The second-order valence-electron chi connectivity index (χ2n) is 8.02. The molecule has 0 aromatic heterocycles. The first-order valence-electron chi connectivity index (χ1n) is 10.6. The zero-order valence-corrected chi connectivity index (χ0v) is 22.1. The van der Waals surface area contributed by atoms with Gasteiger partial charge in [-0.15, -0.1) is 13.2 Å². The molecule has 0 spiro atoms. The SMILES string of the molecule is CC1=CN(C)C(=O)C(NC(=O)N[C@@H](CC(=O)O)c2cccc(-c3ccc(OC(F)(F)F)cc3)c2)C1=O.[H-].[Na+]. The molecule has 1 aliphatic rings. The summed E-state index contributed by atoms with van der Waals surface area (Å²) >= 11 is 0. The number of carboxylic acids is 1. The molecule has 2 atom stereocenters. The normalized spacial score (nSPS) is 16.3. The molecule has 2 aromatic rings. The van der Waals surface area contributed by atoms with Gasteiger partial charge in [-0.2, -0.15) is 0 Å². The van der Waals surface area contributed by atoms with Gasteiger partial charge in [0.2, 0.25) is 0 Å². The molecule has 1 heterocycles. The zero-order valence-electron chi connectivity index (χ0n) is 21.1. The van der Waals surface area contributed by atoms with E-state index < -0.39 is 54.3 Å². The first-order chi connectivity index (χ1) is 16.8. The average Bonchev–Trinajstić information content (AvgIpc) is 2.79. The smallest absolute Gasteiger partial charge is 1.00 e. The number of hydrogen-bond acceptors (Lipinski definition) is 5. The third-order valence-electron chi connectivity index (χ3n) is 5.30. The number of alkyl halides is 3. The van der Waals surface area contributed by atoms with Crippen molar-refractivity contribution < 1.29 is 73.2 Å². The number of carbonyl (C=O) groups excluding carboxylic acids is 3. The number of ketones is 1. The monoisotopic (exact) mass is 529 g/mol. The zero-order chi connectivity index (χ0) is 26.6. The summed E-state index contributed by atoms with van der Waals surface area (Å²) in [5.74, 6) is -2.84. The van der Waals surface area contributed by atoms with Crippen LogP contribution in [0.5, 0.6) is 5.75 Å². The van der Waals surface area contributed by atoms with Gasteiger partial charge < -0.3 is 26.8 Å². The van der Waals surface area contributed by atoms with E-state index in [2.05, 4.69) is 15.4 Å². The Hall–Kier alpha value is -3.35. The molecule has 0 aliphatic carbocycles. The van der Waals surface area contributed by atoms with E-state index in [1.165, 1.54) is 37.2 Å². The maximum atomic E-state index is 12.6. The van der Waals surface area contributed by atoms with Crippen LogP contribution in [-0.2, 0) is 14.4 Å². The minimum absolute atomic E-state index is 0. The molecule has 3 amide bonds. The van der Waals surface area contributed by atoms with E-state index in [9.17, 15) is 37.5 Å². The maximum absolute atomic E-state index is 12.6. The Kier molecular flexibility index (Phi) is 9.90. The molecule has 192 valence electrons. The molecule has 9 nitrogen and oxygen atoms in total. The summed E-state index contributed by atoms with van der Waals surface area (Å²) in [6, 6.07) is 8.06. The van der Waals surface area contributed by atoms with Crippen LogP contribution in [0.2, 0.25) is 0 Å². The molecule has 0 fully saturated rings. The van der Waals surface area contributed by atoms with Crippen molar-refractivity contribution in [1.82, 2.24) is 15.5 Å². The first kappa shape index (κ1) is 29.9. The number of rotatable bonds is 7. The number of hydrogen-bond donors (Lipinski definition) is 3. The summed E-state index contributed by atoms with van der Waals surface area (Å²) in [6.07, 6.45) is -3.99. The van der Waals surface area contributed by atoms with E-state index in [1.54, 1.807) is 24.3 Å². The number of Topliss-reactive ketones (excluding diaryl/α,β-unsaturated/α-hetero) is 1. The number of likely N-dealkylation sites (N-methyl/N-ethyl adjacent to an activating group) is 1. The summed E-state index contributed by atoms with van der Waals surface area (Å²) in [6.45, 7) is 1.50. The van der Waals surface area contributed by atoms with E-state index >= 15 is 0 Å². The number of ether oxygens (including phenoxy) is 1. The minimum Gasteiger partial charge on any atom is -1.00 e. The molecule has 1 aliphatic heterocycles. The Balaban J connectivity index is 0.00000361. The van der Waals surface area contributed by atoms with Crippen LogP contribution in [0.15, 0.2) is 60.3 Å². The Morgan fingerprint density at radius 2 is 1.78 bits per heavy atom. The third kappa shape index (κ3) is 8.07. The molecule has 0 radical (unpaired) electrons. The summed E-state index contributed by atoms with van der Waals surface area (Å²) < 4.78 is 41.0. The van der Waals surface area contributed by atoms with E-state index in [4.69, 9.17) is 0 Å². The number of nitrogens with one attached hydrogen (secondary N) is 2. The maximum Gasteiger partial charge on any atom is 1.00 e. The molecule has 3 rings (SSSR count). The molecule has 3 N–H and O–H groups in total. The summed E-state index contributed by atoms with van der Waals surface area (Å²) in [5, 5.41) is 14.1. The molecule has 0 bridgehead atoms. The van der Waals surface area contributed by atoms with Gasteiger partial charge in [0.25, 0.3) is 5.91 Å². The molecule has 1 unspecified atom stereocenters. The summed E-state index contributed by atoms with van der Waals surface area (Å²) in [4.78, 5) is 49.9. The Bertz CT molecular complexity index is 1220. The fourth-order valence-electron chi connectivity index (χ4n) is 3.63. The topological polar surface area (TPSA) is 125 Å². The van der Waals surface area contributed by atoms with Crippen molar-refractivity contribution in [1.29, 1.82) is 0 Å². The number of nitrogens with zero attached hydrogens (tertiary/aromatic N) is 1. The standard InChI is InChI=1S/C24H22F3N3O6.Na.H/c1-13-12-30(2)22(34)20(21(13)33)29-23(35)28-18(11-19(31)32)16-5-3-4-15(10-16)14-6-8-17(9-7-14)36-24(25,26)27;;/h3-10,12,18,20H,11H2,1-2H3,(H,31,32)(H2,28,29,35);;/q;+1;-1/t18-,20?;;/m0../s1. The molecule has 13 heteroatoms. The van der Waals surface area contributed by atoms with Gasteiger partial charge >= 0.3 is 47.9 Å². The predicted octanol–water partition coefficient (Wildman–Crippen LogP) is 0.497. The third-order valence-corrected chi connectivity index (χ3v) is 5.30. The molecular weight excluding hydrogens is 506 g/mol. The van der Waals surface area contributed by atoms with Crippen LogP contribution < -0.4 is 44.9 Å². The van der Waals surface area contributed by atoms with Gasteiger partial charge in [0.1, 0.15) is 5.75 Å². The number of aliphatic carboxylic acids is 1. The van der Waals surface area contributed by atoms with Gasteiger partial charge in [-0.1, -0.05) is 30.3 Å². The van der Waals surface area contributed by atoms with Crippen molar-refractivity contribution in [2.75, 3.05) is 7.05 Å². The van der Waals surface area contributed by atoms with E-state index in [0.717, 1.165) is 12.1 Å². The molecule has 37 heavy (non-hydrogen) atoms. The van der Waals surface area contributed by atoms with Crippen molar-refractivity contribution in [2.24, 2.45) is 0 Å². The summed E-state index contributed by atoms with van der Waals surface area (Å²) in [5.41, 5.74) is 1.72. The summed E-state index contributed by atoms with van der Waals surface area (Å²) in [7, 11) is 1.44. The Morgan fingerprint density at radius 3 is 2.38 bits per heavy atom. The second kappa shape index (κ2) is 12.3. The number of benzene rings is 2. The first-order valence-corrected chi connectivity index (χ1v) is 10.6. The van der Waals surface area contributed by atoms with Gasteiger partial charge in [-0.25, -0.2) is 4.79 Å². The van der Waals surface area contributed by atoms with Crippen LogP contribution in [0.1, 0.15) is 26.4 Å². The van der Waals surface area contributed by atoms with Gasteiger partial charge in [-0.3, -0.25) is 14.4 Å². The van der Waals surface area contributed by atoms with Crippen LogP contribution in [0.3, 0.4) is 0 Å². The fourth-order valence-corrected chi connectivity index (χ4v) is 3.63. The van der Waals surface area contributed by atoms with Crippen LogP contribution in [0.25, 0.3) is 11.1 Å². The number of carboxylic acid groups (broad SMARTS) is 1. The van der Waals surface area contributed by atoms with Crippen molar-refractivity contribution >= 4 is 23.7 Å². The Morgan fingerprint density at radius 1 is 1.14 bits per heavy atom. The number of amides is 3. The number of urea groups is 1. The fraction of sp³-hybridized carbons (Fsp3) is 0.250. The van der Waals surface area contributed by atoms with Gasteiger partial charge in [0, 0.05) is 18.8 Å². The van der Waals surface area contributed by atoms with Crippen molar-refractivity contribution in [3.63, 3.8) is 0 Å². The van der Waals surface area contributed by atoms with Crippen LogP contribution in [0, 0.1) is 0 Å². The predicted molar refractivity (Wildman–Crippen MR) is 122 cm³/mol. The minimum atomic E-state index is -4.82. The van der Waals surface area contributed by atoms with Gasteiger partial charge in [0.15, 0.2) is 11.8 Å². The largest absolute Gasteiger partial charge is 1.00 e. The molecule has 0 saturated carbocycles. The van der Waals surface area contributed by atoms with Crippen LogP contribution >= 0.6 is 0 Å². The van der Waals surface area contributed by atoms with Crippen LogP contribution in [-0.4, -0.2) is 53.1 Å². The van der Waals surface area contributed by atoms with E-state index in [-0.39, 0.29) is 36.6 Å². The Labute approximate surface area is 233 Å². The van der Waals surface area contributed by atoms with Crippen LogP contribution in [0.4, 0.5) is 18.0 Å². The van der Waals surface area contributed by atoms with Gasteiger partial charge in [0.05, 0.1) is 12.5 Å². The quantitative estimate of drug-likeness (QED) is 0.355.